The Hall–Kier alpha value is -1.95. The summed E-state index contributed by atoms with van der Waals surface area (Å²) in [6.45, 7) is 2.04. The number of anilines is 1. The van der Waals surface area contributed by atoms with Gasteiger partial charge in [-0.1, -0.05) is 11.3 Å². The van der Waals surface area contributed by atoms with Crippen molar-refractivity contribution in [2.24, 2.45) is 0 Å². The number of hydrogen-bond donors (Lipinski definition) is 1. The molecule has 4 rings (SSSR count). The Morgan fingerprint density at radius 2 is 2.26 bits per heavy atom. The van der Waals surface area contributed by atoms with Gasteiger partial charge in [-0.25, -0.2) is 4.98 Å². The molecule has 3 aromatic heterocycles. The van der Waals surface area contributed by atoms with Crippen LogP contribution in [-0.2, 0) is 0 Å². The molecule has 0 atom stereocenters. The van der Waals surface area contributed by atoms with Gasteiger partial charge in [-0.3, -0.25) is 0 Å². The second-order valence-corrected chi connectivity index (χ2v) is 5.85. The lowest BCUT2D eigenvalue weighted by molar-refractivity contribution is 1.05. The van der Waals surface area contributed by atoms with Gasteiger partial charge in [-0.2, -0.15) is 0 Å². The number of fused-ring (bicyclic) bond motifs is 1. The summed E-state index contributed by atoms with van der Waals surface area (Å²) in [5, 5.41) is 13.7. The first-order valence-corrected chi connectivity index (χ1v) is 7.15. The maximum atomic E-state index is 4.37. The topological polar surface area (TPSA) is 55.1 Å². The van der Waals surface area contributed by atoms with Crippen LogP contribution >= 0.6 is 11.3 Å². The normalized spacial score (nSPS) is 15.0. The molecule has 0 spiro atoms. The molecule has 3 heterocycles. The number of nitrogens with one attached hydrogen (secondary N) is 1. The van der Waals surface area contributed by atoms with Gasteiger partial charge in [0.15, 0.2) is 0 Å². The van der Waals surface area contributed by atoms with Crippen LogP contribution in [0.1, 0.15) is 18.5 Å². The lowest BCUT2D eigenvalue weighted by atomic mass is 10.3. The molecule has 96 valence electrons. The number of hydrogen-bond acceptors (Lipinski definition) is 5. The number of aromatic nitrogens is 4. The molecule has 1 fully saturated rings. The number of imidazole rings is 1. The van der Waals surface area contributed by atoms with Gasteiger partial charge in [0.2, 0.25) is 5.13 Å². The van der Waals surface area contributed by atoms with Crippen LogP contribution in [0.15, 0.2) is 24.5 Å². The third-order valence-corrected chi connectivity index (χ3v) is 4.18. The first kappa shape index (κ1) is 10.9. The maximum absolute atomic E-state index is 4.37. The van der Waals surface area contributed by atoms with Crippen molar-refractivity contribution in [2.45, 2.75) is 25.8 Å². The second-order valence-electron chi connectivity index (χ2n) is 4.87. The predicted octanol–water partition coefficient (Wildman–Crippen LogP) is 2.74. The number of nitrogens with zero attached hydrogens (tertiary/aromatic N) is 4. The van der Waals surface area contributed by atoms with Gasteiger partial charge >= 0.3 is 0 Å². The number of aryl methyl sites for hydroxylation is 1. The highest BCUT2D eigenvalue weighted by Gasteiger charge is 2.22. The van der Waals surface area contributed by atoms with Crippen molar-refractivity contribution in [3.63, 3.8) is 0 Å². The zero-order valence-corrected chi connectivity index (χ0v) is 11.3. The molecule has 0 radical (unpaired) electrons. The van der Waals surface area contributed by atoms with Gasteiger partial charge < -0.3 is 9.72 Å². The minimum absolute atomic E-state index is 0.609. The summed E-state index contributed by atoms with van der Waals surface area (Å²) in [6.07, 6.45) is 6.39. The molecule has 5 nitrogen and oxygen atoms in total. The molecular weight excluding hydrogens is 258 g/mol. The summed E-state index contributed by atoms with van der Waals surface area (Å²) >= 11 is 1.60. The average molecular weight is 271 g/mol. The van der Waals surface area contributed by atoms with E-state index in [0.717, 1.165) is 27.0 Å². The minimum atomic E-state index is 0.609. The van der Waals surface area contributed by atoms with Crippen molar-refractivity contribution >= 4 is 22.1 Å². The molecule has 0 amide bonds. The summed E-state index contributed by atoms with van der Waals surface area (Å²) in [4.78, 5) is 4.37. The van der Waals surface area contributed by atoms with E-state index in [1.165, 1.54) is 12.8 Å². The average Bonchev–Trinajstić information content (AvgIpc) is 2.97. The van der Waals surface area contributed by atoms with E-state index in [2.05, 4.69) is 37.0 Å². The number of rotatable bonds is 3. The molecule has 0 bridgehead atoms. The van der Waals surface area contributed by atoms with Crippen molar-refractivity contribution < 1.29 is 0 Å². The zero-order chi connectivity index (χ0) is 12.8. The molecule has 1 aliphatic carbocycles. The molecule has 0 unspecified atom stereocenters. The van der Waals surface area contributed by atoms with Gasteiger partial charge in [0, 0.05) is 29.7 Å². The Labute approximate surface area is 114 Å². The van der Waals surface area contributed by atoms with E-state index in [4.69, 9.17) is 0 Å². The smallest absolute Gasteiger partial charge is 0.206 e. The lowest BCUT2D eigenvalue weighted by Crippen LogP contribution is -1.99. The molecule has 1 aliphatic rings. The van der Waals surface area contributed by atoms with E-state index in [-0.39, 0.29) is 0 Å². The van der Waals surface area contributed by atoms with Gasteiger partial charge in [0.1, 0.15) is 10.7 Å². The second kappa shape index (κ2) is 4.03. The molecule has 1 saturated carbocycles. The van der Waals surface area contributed by atoms with Crippen LogP contribution in [0.3, 0.4) is 0 Å². The molecule has 19 heavy (non-hydrogen) atoms. The van der Waals surface area contributed by atoms with Gasteiger partial charge in [0.05, 0.1) is 0 Å². The maximum Gasteiger partial charge on any atom is 0.206 e. The van der Waals surface area contributed by atoms with E-state index < -0.39 is 0 Å². The standard InChI is InChI=1S/C13H13N5S/c1-8-7-14-11-6-9(4-5-18(8)11)12-16-17-13(19-12)15-10-2-3-10/h4-7,10H,2-3H2,1H3,(H,15,17). The fourth-order valence-electron chi connectivity index (χ4n) is 2.04. The quantitative estimate of drug-likeness (QED) is 0.796. The minimum Gasteiger partial charge on any atom is -0.357 e. The van der Waals surface area contributed by atoms with E-state index in [0.29, 0.717) is 6.04 Å². The van der Waals surface area contributed by atoms with Gasteiger partial charge in [0.25, 0.3) is 0 Å². The molecular formula is C13H13N5S. The fraction of sp³-hybridized carbons (Fsp3) is 0.308. The van der Waals surface area contributed by atoms with Crippen molar-refractivity contribution in [1.82, 2.24) is 19.6 Å². The summed E-state index contributed by atoms with van der Waals surface area (Å²) in [6, 6.07) is 4.72. The van der Waals surface area contributed by atoms with Crippen molar-refractivity contribution in [3.05, 3.63) is 30.2 Å². The van der Waals surface area contributed by atoms with E-state index in [9.17, 15) is 0 Å². The summed E-state index contributed by atoms with van der Waals surface area (Å²) in [5.41, 5.74) is 3.15. The van der Waals surface area contributed by atoms with Crippen LogP contribution in [-0.4, -0.2) is 25.6 Å². The summed E-state index contributed by atoms with van der Waals surface area (Å²) < 4.78 is 2.06. The van der Waals surface area contributed by atoms with Gasteiger partial charge in [-0.15, -0.1) is 10.2 Å². The Balaban J connectivity index is 1.70. The van der Waals surface area contributed by atoms with Crippen LogP contribution in [0.25, 0.3) is 16.2 Å². The Morgan fingerprint density at radius 1 is 1.37 bits per heavy atom. The number of pyridine rings is 1. The highest BCUT2D eigenvalue weighted by molar-refractivity contribution is 7.18. The fourth-order valence-corrected chi connectivity index (χ4v) is 2.86. The highest BCUT2D eigenvalue weighted by Crippen LogP contribution is 2.30. The van der Waals surface area contributed by atoms with Gasteiger partial charge in [-0.05, 0) is 31.9 Å². The van der Waals surface area contributed by atoms with Crippen LogP contribution in [0.2, 0.25) is 0 Å². The largest absolute Gasteiger partial charge is 0.357 e. The summed E-state index contributed by atoms with van der Waals surface area (Å²) in [5.74, 6) is 0. The zero-order valence-electron chi connectivity index (χ0n) is 10.5. The molecule has 0 aliphatic heterocycles. The van der Waals surface area contributed by atoms with Crippen molar-refractivity contribution in [3.8, 4) is 10.6 Å². The first-order chi connectivity index (χ1) is 9.29. The molecule has 3 aromatic rings. The van der Waals surface area contributed by atoms with E-state index >= 15 is 0 Å². The lowest BCUT2D eigenvalue weighted by Gasteiger charge is -1.99. The van der Waals surface area contributed by atoms with Crippen molar-refractivity contribution in [2.75, 3.05) is 5.32 Å². The van der Waals surface area contributed by atoms with E-state index in [1.54, 1.807) is 11.3 Å². The Bertz CT molecular complexity index is 740. The third-order valence-electron chi connectivity index (χ3n) is 3.28. The molecule has 1 N–H and O–H groups in total. The summed E-state index contributed by atoms with van der Waals surface area (Å²) in [7, 11) is 0. The Morgan fingerprint density at radius 3 is 3.11 bits per heavy atom. The van der Waals surface area contributed by atoms with E-state index in [1.807, 2.05) is 19.3 Å². The molecule has 0 saturated heterocycles. The first-order valence-electron chi connectivity index (χ1n) is 6.34. The monoisotopic (exact) mass is 271 g/mol. The SMILES string of the molecule is Cc1cnc2cc(-c3nnc(NC4CC4)s3)ccn12. The van der Waals surface area contributed by atoms with Crippen molar-refractivity contribution in [1.29, 1.82) is 0 Å². The molecule has 0 aromatic carbocycles. The van der Waals surface area contributed by atoms with Crippen LogP contribution in [0, 0.1) is 6.92 Å². The molecule has 6 heteroatoms. The predicted molar refractivity (Wildman–Crippen MR) is 75.5 cm³/mol. The van der Waals surface area contributed by atoms with Crippen LogP contribution in [0.5, 0.6) is 0 Å². The van der Waals surface area contributed by atoms with Crippen LogP contribution < -0.4 is 5.32 Å². The third kappa shape index (κ3) is 1.98. The highest BCUT2D eigenvalue weighted by atomic mass is 32.1. The Kier molecular flexibility index (Phi) is 2.32. The van der Waals surface area contributed by atoms with Crippen LogP contribution in [0.4, 0.5) is 5.13 Å².